The molecular formula is C54H39NO. The Morgan fingerprint density at radius 3 is 1.55 bits per heavy atom. The van der Waals surface area contributed by atoms with E-state index in [1.54, 1.807) is 0 Å². The molecule has 56 heavy (non-hydrogen) atoms. The molecular weight excluding hydrogens is 679 g/mol. The molecule has 2 heterocycles. The zero-order valence-corrected chi connectivity index (χ0v) is 31.7. The summed E-state index contributed by atoms with van der Waals surface area (Å²) in [7, 11) is 0. The van der Waals surface area contributed by atoms with Gasteiger partial charge in [-0.15, -0.1) is 0 Å². The molecule has 0 N–H and O–H groups in total. The Labute approximate surface area is 325 Å². The molecule has 0 bridgehead atoms. The van der Waals surface area contributed by atoms with Crippen molar-refractivity contribution in [2.24, 2.45) is 0 Å². The summed E-state index contributed by atoms with van der Waals surface area (Å²) in [5.74, 6) is 0. The largest absolute Gasteiger partial charge is 0.455 e. The van der Waals surface area contributed by atoms with Gasteiger partial charge in [0.25, 0.3) is 0 Å². The molecule has 0 atom stereocenters. The van der Waals surface area contributed by atoms with Gasteiger partial charge >= 0.3 is 0 Å². The smallest absolute Gasteiger partial charge is 0.143 e. The van der Waals surface area contributed by atoms with E-state index in [9.17, 15) is 0 Å². The van der Waals surface area contributed by atoms with Gasteiger partial charge in [0.2, 0.25) is 0 Å². The van der Waals surface area contributed by atoms with Gasteiger partial charge in [-0.25, -0.2) is 0 Å². The maximum atomic E-state index is 6.50. The molecule has 2 heteroatoms. The summed E-state index contributed by atoms with van der Waals surface area (Å²) in [6, 6.07) is 66.5. The third-order valence-electron chi connectivity index (χ3n) is 11.8. The Bertz CT molecular complexity index is 3260. The van der Waals surface area contributed by atoms with Crippen LogP contribution in [0, 0.1) is 0 Å². The Morgan fingerprint density at radius 1 is 0.393 bits per heavy atom. The van der Waals surface area contributed by atoms with Gasteiger partial charge in [0, 0.05) is 32.8 Å². The van der Waals surface area contributed by atoms with E-state index in [4.69, 9.17) is 4.42 Å². The van der Waals surface area contributed by atoms with E-state index in [0.29, 0.717) is 0 Å². The first-order valence-corrected chi connectivity index (χ1v) is 19.5. The first kappa shape index (κ1) is 32.5. The second kappa shape index (κ2) is 12.3. The molecule has 266 valence electrons. The van der Waals surface area contributed by atoms with Crippen molar-refractivity contribution in [3.63, 3.8) is 0 Å². The van der Waals surface area contributed by atoms with Crippen molar-refractivity contribution in [2.75, 3.05) is 0 Å². The van der Waals surface area contributed by atoms with Gasteiger partial charge in [0.1, 0.15) is 11.2 Å². The van der Waals surface area contributed by atoms with Crippen molar-refractivity contribution >= 4 is 65.3 Å². The number of para-hydroxylation sites is 2. The predicted octanol–water partition coefficient (Wildman–Crippen LogP) is 15.3. The molecule has 9 aromatic carbocycles. The summed E-state index contributed by atoms with van der Waals surface area (Å²) < 4.78 is 8.93. The first-order valence-electron chi connectivity index (χ1n) is 19.5. The van der Waals surface area contributed by atoms with Crippen LogP contribution < -0.4 is 0 Å². The third kappa shape index (κ3) is 4.96. The maximum Gasteiger partial charge on any atom is 0.143 e. The summed E-state index contributed by atoms with van der Waals surface area (Å²) in [5.41, 5.74) is 14.0. The first-order chi connectivity index (χ1) is 27.4. The molecule has 0 spiro atoms. The van der Waals surface area contributed by atoms with E-state index >= 15 is 0 Å². The minimum atomic E-state index is 0.0172. The molecule has 0 fully saturated rings. The molecule has 11 rings (SSSR count). The number of furan rings is 1. The average Bonchev–Trinajstić information content (AvgIpc) is 3.78. The lowest BCUT2D eigenvalue weighted by Crippen LogP contribution is -2.10. The van der Waals surface area contributed by atoms with Crippen LogP contribution in [0.5, 0.6) is 0 Å². The fourth-order valence-corrected chi connectivity index (χ4v) is 9.04. The van der Waals surface area contributed by atoms with E-state index in [2.05, 4.69) is 201 Å². The van der Waals surface area contributed by atoms with Gasteiger partial charge in [-0.1, -0.05) is 160 Å². The topological polar surface area (TPSA) is 18.1 Å². The molecule has 11 aromatic rings. The number of aromatic nitrogens is 1. The fraction of sp³-hybridized carbons (Fsp3) is 0.0741. The number of benzene rings is 9. The van der Waals surface area contributed by atoms with Crippen LogP contribution in [0.15, 0.2) is 186 Å². The zero-order valence-electron chi connectivity index (χ0n) is 31.7. The molecule has 0 radical (unpaired) electrons. The maximum absolute atomic E-state index is 6.50. The minimum Gasteiger partial charge on any atom is -0.455 e. The van der Waals surface area contributed by atoms with Crippen molar-refractivity contribution in [1.82, 2.24) is 4.57 Å². The van der Waals surface area contributed by atoms with E-state index in [-0.39, 0.29) is 5.41 Å². The normalized spacial score (nSPS) is 12.2. The summed E-state index contributed by atoms with van der Waals surface area (Å²) in [6.45, 7) is 6.87. The SMILES string of the molecule is CC(C)(C)c1ccc2c(c1)c1cc(-c3cccc4c3oc3ccccc34)ccc1n2-c1ccc(-c2c3ccccc3c(-c3ccccc3)c3ccccc23)cc1. The highest BCUT2D eigenvalue weighted by atomic mass is 16.3. The Balaban J connectivity index is 1.11. The van der Waals surface area contributed by atoms with Crippen LogP contribution in [-0.4, -0.2) is 4.57 Å². The van der Waals surface area contributed by atoms with Gasteiger partial charge in [-0.3, -0.25) is 0 Å². The summed E-state index contributed by atoms with van der Waals surface area (Å²) >= 11 is 0. The Hall–Kier alpha value is -6.90. The lowest BCUT2D eigenvalue weighted by molar-refractivity contribution is 0.591. The second-order valence-corrected chi connectivity index (χ2v) is 16.1. The van der Waals surface area contributed by atoms with E-state index in [1.165, 1.54) is 71.2 Å². The van der Waals surface area contributed by atoms with Gasteiger partial charge in [-0.2, -0.15) is 0 Å². The van der Waals surface area contributed by atoms with Crippen molar-refractivity contribution < 1.29 is 4.42 Å². The molecule has 0 saturated heterocycles. The molecule has 2 nitrogen and oxygen atoms in total. The van der Waals surface area contributed by atoms with Crippen molar-refractivity contribution in [3.8, 4) is 39.1 Å². The van der Waals surface area contributed by atoms with Gasteiger partial charge in [-0.05, 0) is 103 Å². The number of fused-ring (bicyclic) bond motifs is 8. The summed E-state index contributed by atoms with van der Waals surface area (Å²) in [6.07, 6.45) is 0. The molecule has 0 aliphatic carbocycles. The van der Waals surface area contributed by atoms with Gasteiger partial charge in [0.05, 0.1) is 11.0 Å². The highest BCUT2D eigenvalue weighted by Crippen LogP contribution is 2.45. The summed E-state index contributed by atoms with van der Waals surface area (Å²) in [4.78, 5) is 0. The lowest BCUT2D eigenvalue weighted by Gasteiger charge is -2.19. The number of hydrogen-bond donors (Lipinski definition) is 0. The molecule has 2 aromatic heterocycles. The quantitative estimate of drug-likeness (QED) is 0.166. The van der Waals surface area contributed by atoms with Gasteiger partial charge in [0.15, 0.2) is 0 Å². The molecule has 0 aliphatic rings. The van der Waals surface area contributed by atoms with E-state index in [0.717, 1.165) is 38.8 Å². The van der Waals surface area contributed by atoms with E-state index < -0.39 is 0 Å². The van der Waals surface area contributed by atoms with Crippen molar-refractivity contribution in [2.45, 2.75) is 26.2 Å². The van der Waals surface area contributed by atoms with Crippen LogP contribution >= 0.6 is 0 Å². The van der Waals surface area contributed by atoms with Crippen molar-refractivity contribution in [3.05, 3.63) is 188 Å². The van der Waals surface area contributed by atoms with Crippen LogP contribution in [0.25, 0.3) is 104 Å². The summed E-state index contributed by atoms with van der Waals surface area (Å²) in [5, 5.41) is 9.83. The van der Waals surface area contributed by atoms with Crippen LogP contribution in [0.1, 0.15) is 26.3 Å². The standard InChI is InChI=1S/C54H39NO/c1-54(2,3)37-27-31-49-47(33-37)46-32-36(39-21-13-22-45-40-16-11-12-23-50(40)56-53(39)45)26-30-48(46)55(49)38-28-24-35(25-29-38)52-43-19-9-7-17-41(43)51(34-14-5-4-6-15-34)42-18-8-10-20-44(42)52/h4-33H,1-3H3. The van der Waals surface area contributed by atoms with E-state index in [1.807, 2.05) is 6.07 Å². The third-order valence-corrected chi connectivity index (χ3v) is 11.8. The number of hydrogen-bond acceptors (Lipinski definition) is 1. The number of rotatable bonds is 4. The zero-order chi connectivity index (χ0) is 37.5. The fourth-order valence-electron chi connectivity index (χ4n) is 9.04. The van der Waals surface area contributed by atoms with Crippen LogP contribution in [0.2, 0.25) is 0 Å². The molecule has 0 unspecified atom stereocenters. The monoisotopic (exact) mass is 717 g/mol. The van der Waals surface area contributed by atoms with Gasteiger partial charge < -0.3 is 8.98 Å². The molecule has 0 amide bonds. The number of nitrogens with zero attached hydrogens (tertiary/aromatic N) is 1. The Morgan fingerprint density at radius 2 is 0.911 bits per heavy atom. The van der Waals surface area contributed by atoms with Crippen LogP contribution in [-0.2, 0) is 5.41 Å². The lowest BCUT2D eigenvalue weighted by atomic mass is 9.86. The highest BCUT2D eigenvalue weighted by Gasteiger charge is 2.21. The second-order valence-electron chi connectivity index (χ2n) is 16.1. The van der Waals surface area contributed by atoms with Crippen molar-refractivity contribution in [1.29, 1.82) is 0 Å². The molecule has 0 aliphatic heterocycles. The average molecular weight is 718 g/mol. The highest BCUT2D eigenvalue weighted by molar-refractivity contribution is 6.21. The Kier molecular flexibility index (Phi) is 7.15. The predicted molar refractivity (Wildman–Crippen MR) is 238 cm³/mol. The molecule has 0 saturated carbocycles. The van der Waals surface area contributed by atoms with Crippen LogP contribution in [0.4, 0.5) is 0 Å². The minimum absolute atomic E-state index is 0.0172. The van der Waals surface area contributed by atoms with Crippen LogP contribution in [0.3, 0.4) is 0 Å².